The second-order valence-electron chi connectivity index (χ2n) is 17.0. The Balaban J connectivity index is 0.847. The smallest absolute Gasteiger partial charge is 0.124 e. The van der Waals surface area contributed by atoms with E-state index in [0.717, 1.165) is 27.2 Å². The van der Waals surface area contributed by atoms with Crippen molar-refractivity contribution in [2.75, 3.05) is 0 Å². The Morgan fingerprint density at radius 1 is 0.242 bits per heavy atom. The Morgan fingerprint density at radius 3 is 1.02 bits per heavy atom. The summed E-state index contributed by atoms with van der Waals surface area (Å²) in [6.45, 7) is 0. The number of fused-ring (bicyclic) bond motifs is 10. The maximum absolute atomic E-state index is 5.49. The lowest BCUT2D eigenvalue weighted by Gasteiger charge is -2.10. The van der Waals surface area contributed by atoms with Crippen molar-refractivity contribution in [1.29, 1.82) is 0 Å². The minimum Gasteiger partial charge on any atom is -0.235 e. The molecular weight excluding hydrogens is 875 g/mol. The van der Waals surface area contributed by atoms with E-state index in [2.05, 4.69) is 212 Å². The van der Waals surface area contributed by atoms with E-state index in [9.17, 15) is 0 Å². The van der Waals surface area contributed by atoms with E-state index in [0.29, 0.717) is 0 Å². The van der Waals surface area contributed by atoms with Gasteiger partial charge in [-0.05, 0) is 99.1 Å². The summed E-state index contributed by atoms with van der Waals surface area (Å²) >= 11 is 7.37. The molecule has 0 spiro atoms. The monoisotopic (exact) mass is 909 g/mol. The lowest BCUT2D eigenvalue weighted by molar-refractivity contribution is 1.47. The maximum atomic E-state index is 5.49. The van der Waals surface area contributed by atoms with Crippen molar-refractivity contribution in [2.24, 2.45) is 0 Å². The average molecular weight is 910 g/mol. The van der Waals surface area contributed by atoms with E-state index in [-0.39, 0.29) is 0 Å². The van der Waals surface area contributed by atoms with Crippen LogP contribution in [0.3, 0.4) is 0 Å². The van der Waals surface area contributed by atoms with Crippen LogP contribution in [0.15, 0.2) is 212 Å². The van der Waals surface area contributed by atoms with Crippen LogP contribution in [-0.2, 0) is 0 Å². The number of benzene rings is 10. The molecule has 0 radical (unpaired) electrons. The van der Waals surface area contributed by atoms with Crippen molar-refractivity contribution in [3.63, 3.8) is 0 Å². The van der Waals surface area contributed by atoms with Crippen LogP contribution in [0.1, 0.15) is 0 Å². The van der Waals surface area contributed by atoms with E-state index in [1.165, 1.54) is 110 Å². The summed E-state index contributed by atoms with van der Waals surface area (Å²) in [5.74, 6) is 0. The second kappa shape index (κ2) is 15.2. The van der Waals surface area contributed by atoms with Gasteiger partial charge in [-0.25, -0.2) is 4.98 Å². The summed E-state index contributed by atoms with van der Waals surface area (Å²) < 4.78 is 9.16. The molecule has 0 saturated heterocycles. The zero-order valence-electron chi connectivity index (χ0n) is 35.3. The lowest BCUT2D eigenvalue weighted by Crippen LogP contribution is -1.86. The number of aromatic nitrogens is 1. The van der Waals surface area contributed by atoms with Crippen molar-refractivity contribution in [3.8, 4) is 66.2 Å². The molecule has 0 bridgehead atoms. The van der Waals surface area contributed by atoms with Gasteiger partial charge in [0.05, 0.1) is 10.2 Å². The molecule has 4 heterocycles. The van der Waals surface area contributed by atoms with Gasteiger partial charge < -0.3 is 0 Å². The molecule has 10 aromatic carbocycles. The molecule has 0 unspecified atom stereocenters. The normalized spacial score (nSPS) is 11.9. The molecule has 0 saturated carbocycles. The summed E-state index contributed by atoms with van der Waals surface area (Å²) in [6.07, 6.45) is 0. The molecule has 14 rings (SSSR count). The fourth-order valence-corrected chi connectivity index (χ4v) is 14.2. The van der Waals surface area contributed by atoms with Crippen LogP contribution in [0, 0.1) is 0 Å². The Bertz CT molecular complexity index is 4010. The minimum atomic E-state index is 1.02. The third-order valence-corrected chi connectivity index (χ3v) is 17.8. The van der Waals surface area contributed by atoms with Gasteiger partial charge in [-0.3, -0.25) is 0 Å². The molecule has 5 heteroatoms. The predicted molar refractivity (Wildman–Crippen MR) is 291 cm³/mol. The van der Waals surface area contributed by atoms with Gasteiger partial charge >= 0.3 is 0 Å². The SMILES string of the molecule is c1ccc2c(c1)sc1ccc(-c3ccc(-c4nc5c(-c6ccc(-c7ccc8sc9ccccc9c8c7)cc6)ccc(-c6ccc(-c7ccc8sc9ccccc9c8c7)cc6)c5s4)cc3)cc12. The number of hydrogen-bond donors (Lipinski definition) is 0. The van der Waals surface area contributed by atoms with Crippen LogP contribution in [0.5, 0.6) is 0 Å². The van der Waals surface area contributed by atoms with Crippen LogP contribution >= 0.6 is 45.3 Å². The Hall–Kier alpha value is -7.25. The summed E-state index contributed by atoms with van der Waals surface area (Å²) in [5.41, 5.74) is 14.2. The van der Waals surface area contributed by atoms with Crippen molar-refractivity contribution < 1.29 is 0 Å². The highest BCUT2D eigenvalue weighted by atomic mass is 32.1. The third kappa shape index (κ3) is 6.27. The number of thiophene rings is 3. The van der Waals surface area contributed by atoms with E-state index in [1.807, 2.05) is 34.0 Å². The van der Waals surface area contributed by atoms with E-state index < -0.39 is 0 Å². The lowest BCUT2D eigenvalue weighted by atomic mass is 9.95. The van der Waals surface area contributed by atoms with Gasteiger partial charge in [-0.15, -0.1) is 45.3 Å². The number of thiazole rings is 1. The van der Waals surface area contributed by atoms with E-state index in [4.69, 9.17) is 4.98 Å². The molecule has 66 heavy (non-hydrogen) atoms. The van der Waals surface area contributed by atoms with Crippen LogP contribution in [0.2, 0.25) is 0 Å². The molecule has 1 nitrogen and oxygen atoms in total. The summed E-state index contributed by atoms with van der Waals surface area (Å²) in [5, 5.41) is 8.95. The Kier molecular flexibility index (Phi) is 8.74. The van der Waals surface area contributed by atoms with Gasteiger partial charge in [0.1, 0.15) is 5.01 Å². The fraction of sp³-hybridized carbons (Fsp3) is 0. The van der Waals surface area contributed by atoms with Crippen molar-refractivity contribution >= 4 is 116 Å². The molecule has 0 N–H and O–H groups in total. The summed E-state index contributed by atoms with van der Waals surface area (Å²) in [4.78, 5) is 5.49. The average Bonchev–Trinajstić information content (AvgIpc) is 4.18. The molecule has 0 amide bonds. The highest BCUT2D eigenvalue weighted by molar-refractivity contribution is 7.26. The second-order valence-corrected chi connectivity index (χ2v) is 21.3. The molecule has 0 fully saturated rings. The predicted octanol–water partition coefficient (Wildman–Crippen LogP) is 19.4. The summed E-state index contributed by atoms with van der Waals surface area (Å²) in [6, 6.07) is 78.5. The summed E-state index contributed by atoms with van der Waals surface area (Å²) in [7, 11) is 0. The first-order valence-corrected chi connectivity index (χ1v) is 25.4. The van der Waals surface area contributed by atoms with Crippen LogP contribution in [0.25, 0.3) is 137 Å². The molecule has 14 aromatic rings. The zero-order valence-corrected chi connectivity index (χ0v) is 38.6. The Labute approximate surface area is 396 Å². The maximum Gasteiger partial charge on any atom is 0.124 e. The zero-order chi connectivity index (χ0) is 43.3. The first-order chi connectivity index (χ1) is 32.6. The topological polar surface area (TPSA) is 12.9 Å². The van der Waals surface area contributed by atoms with Crippen LogP contribution < -0.4 is 0 Å². The molecule has 308 valence electrons. The number of rotatable bonds is 6. The fourth-order valence-electron chi connectivity index (χ4n) is 9.80. The molecule has 0 aliphatic heterocycles. The van der Waals surface area contributed by atoms with Crippen LogP contribution in [-0.4, -0.2) is 4.98 Å². The minimum absolute atomic E-state index is 1.02. The van der Waals surface area contributed by atoms with Crippen molar-refractivity contribution in [1.82, 2.24) is 4.98 Å². The third-order valence-electron chi connectivity index (χ3n) is 13.2. The van der Waals surface area contributed by atoms with Gasteiger partial charge in [0.15, 0.2) is 0 Å². The number of nitrogens with zero attached hydrogens (tertiary/aromatic N) is 1. The molecule has 0 atom stereocenters. The molecule has 4 aromatic heterocycles. The van der Waals surface area contributed by atoms with Gasteiger partial charge in [-0.1, -0.05) is 158 Å². The first kappa shape index (κ1) is 38.1. The standard InChI is InChI=1S/C61H35NS4/c1-4-10-53-47(7-1)50-33-42(25-30-56(50)63-53)36-13-19-39(20-14-36)45-28-29-46(40-21-15-37(16-22-40)43-26-31-57-51(34-43)48-8-2-5-11-54(48)64-57)60-59(45)62-61(66-60)41-23-17-38(18-24-41)44-27-32-58-52(35-44)49-9-3-6-12-55(49)65-58/h1-35H. The molecule has 0 aliphatic rings. The van der Waals surface area contributed by atoms with Crippen molar-refractivity contribution in [2.45, 2.75) is 0 Å². The molecule has 0 aliphatic carbocycles. The van der Waals surface area contributed by atoms with E-state index in [1.54, 1.807) is 11.3 Å². The van der Waals surface area contributed by atoms with Crippen LogP contribution in [0.4, 0.5) is 0 Å². The van der Waals surface area contributed by atoms with Crippen molar-refractivity contribution in [3.05, 3.63) is 212 Å². The number of hydrogen-bond acceptors (Lipinski definition) is 5. The van der Waals surface area contributed by atoms with Gasteiger partial charge in [0.25, 0.3) is 0 Å². The highest BCUT2D eigenvalue weighted by Gasteiger charge is 2.18. The van der Waals surface area contributed by atoms with Gasteiger partial charge in [-0.2, -0.15) is 0 Å². The quantitative estimate of drug-likeness (QED) is 0.162. The van der Waals surface area contributed by atoms with Gasteiger partial charge in [0, 0.05) is 77.2 Å². The first-order valence-electron chi connectivity index (χ1n) is 22.2. The molecular formula is C61H35NS4. The van der Waals surface area contributed by atoms with E-state index >= 15 is 0 Å². The Morgan fingerprint density at radius 2 is 0.576 bits per heavy atom. The largest absolute Gasteiger partial charge is 0.235 e. The highest BCUT2D eigenvalue weighted by Crippen LogP contribution is 2.44. The van der Waals surface area contributed by atoms with Gasteiger partial charge in [0.2, 0.25) is 0 Å².